The number of benzene rings is 1. The van der Waals surface area contributed by atoms with Gasteiger partial charge in [-0.2, -0.15) is 0 Å². The molecule has 0 radical (unpaired) electrons. The van der Waals surface area contributed by atoms with Crippen LogP contribution in [0.25, 0.3) is 10.9 Å². The molecule has 0 spiro atoms. The first-order valence-electron chi connectivity index (χ1n) is 8.67. The molecule has 1 fully saturated rings. The second-order valence-electron chi connectivity index (χ2n) is 6.88. The number of aryl methyl sites for hydroxylation is 2. The van der Waals surface area contributed by atoms with E-state index in [4.69, 9.17) is 0 Å². The molecule has 25 heavy (non-hydrogen) atoms. The number of likely N-dealkylation sites (N-methyl/N-ethyl adjacent to an activating group) is 1. The molecule has 2 amide bonds. The van der Waals surface area contributed by atoms with E-state index in [0.29, 0.717) is 31.5 Å². The maximum absolute atomic E-state index is 12.8. The Balaban J connectivity index is 1.75. The van der Waals surface area contributed by atoms with Gasteiger partial charge in [-0.3, -0.25) is 9.59 Å². The Kier molecular flexibility index (Phi) is 4.81. The van der Waals surface area contributed by atoms with Crippen LogP contribution in [-0.4, -0.2) is 64.5 Å². The second-order valence-corrected chi connectivity index (χ2v) is 6.88. The first kappa shape index (κ1) is 17.5. The lowest BCUT2D eigenvalue weighted by Gasteiger charge is -2.31. The van der Waals surface area contributed by atoms with Crippen LogP contribution in [0.2, 0.25) is 0 Å². The molecule has 3 rings (SSSR count). The van der Waals surface area contributed by atoms with Crippen LogP contribution in [0.1, 0.15) is 34.5 Å². The van der Waals surface area contributed by atoms with E-state index >= 15 is 0 Å². The van der Waals surface area contributed by atoms with Crippen molar-refractivity contribution in [2.45, 2.75) is 32.8 Å². The fourth-order valence-corrected chi connectivity index (χ4v) is 3.36. The number of aliphatic hydroxyl groups is 1. The number of carbonyl (C=O) groups excluding carboxylic acids is 2. The minimum absolute atomic E-state index is 0.0456. The largest absolute Gasteiger partial charge is 0.393 e. The highest BCUT2D eigenvalue weighted by Gasteiger charge is 2.24. The van der Waals surface area contributed by atoms with Gasteiger partial charge >= 0.3 is 0 Å². The number of aromatic amines is 1. The number of nitrogens with zero attached hydrogens (tertiary/aromatic N) is 2. The molecule has 2 aromatic rings. The van der Waals surface area contributed by atoms with Crippen LogP contribution in [-0.2, 0) is 4.79 Å². The van der Waals surface area contributed by atoms with Gasteiger partial charge in [0.05, 0.1) is 23.7 Å². The molecule has 1 saturated heterocycles. The van der Waals surface area contributed by atoms with Crippen molar-refractivity contribution in [3.63, 3.8) is 0 Å². The van der Waals surface area contributed by atoms with Gasteiger partial charge in [-0.1, -0.05) is 12.1 Å². The van der Waals surface area contributed by atoms with Crippen molar-refractivity contribution in [1.29, 1.82) is 0 Å². The Morgan fingerprint density at radius 3 is 2.64 bits per heavy atom. The molecule has 0 aliphatic carbocycles. The Morgan fingerprint density at radius 2 is 1.96 bits per heavy atom. The number of carbonyl (C=O) groups is 2. The van der Waals surface area contributed by atoms with Gasteiger partial charge in [0.2, 0.25) is 5.91 Å². The lowest BCUT2D eigenvalue weighted by Crippen LogP contribution is -2.45. The molecule has 0 unspecified atom stereocenters. The maximum Gasteiger partial charge on any atom is 0.256 e. The van der Waals surface area contributed by atoms with Crippen LogP contribution in [0.15, 0.2) is 18.2 Å². The minimum Gasteiger partial charge on any atom is -0.393 e. The number of hydrogen-bond acceptors (Lipinski definition) is 3. The van der Waals surface area contributed by atoms with E-state index in [1.165, 1.54) is 4.90 Å². The fourth-order valence-electron chi connectivity index (χ4n) is 3.36. The first-order valence-corrected chi connectivity index (χ1v) is 8.67. The number of hydrogen-bond donors (Lipinski definition) is 2. The summed E-state index contributed by atoms with van der Waals surface area (Å²) in [6.45, 7) is 5.16. The molecule has 1 aliphatic heterocycles. The fraction of sp³-hybridized carbons (Fsp3) is 0.474. The normalized spacial score (nSPS) is 15.6. The van der Waals surface area contributed by atoms with Crippen molar-refractivity contribution < 1.29 is 14.7 Å². The summed E-state index contributed by atoms with van der Waals surface area (Å²) in [5.74, 6) is -0.244. The van der Waals surface area contributed by atoms with Gasteiger partial charge in [0, 0.05) is 31.2 Å². The molecule has 2 heterocycles. The van der Waals surface area contributed by atoms with Crippen molar-refractivity contribution in [3.05, 3.63) is 35.0 Å². The van der Waals surface area contributed by atoms with Crippen molar-refractivity contribution >= 4 is 22.7 Å². The number of amides is 2. The number of piperidine rings is 1. The molecule has 1 aliphatic rings. The van der Waals surface area contributed by atoms with Crippen LogP contribution < -0.4 is 0 Å². The van der Waals surface area contributed by atoms with E-state index in [1.807, 2.05) is 26.0 Å². The van der Waals surface area contributed by atoms with Crippen molar-refractivity contribution in [3.8, 4) is 0 Å². The summed E-state index contributed by atoms with van der Waals surface area (Å²) in [6, 6.07) is 5.66. The standard InChI is InChI=1S/C19H25N3O3/c1-12-13(2)20-18-15(12)5-4-6-16(18)19(25)21(3)11-17(24)22-9-7-14(23)8-10-22/h4-6,14,20,23H,7-11H2,1-3H3. The molecule has 134 valence electrons. The van der Waals surface area contributed by atoms with Gasteiger partial charge < -0.3 is 19.9 Å². The summed E-state index contributed by atoms with van der Waals surface area (Å²) >= 11 is 0. The number of likely N-dealkylation sites (tertiary alicyclic amines) is 1. The average Bonchev–Trinajstić information content (AvgIpc) is 2.89. The summed E-state index contributed by atoms with van der Waals surface area (Å²) in [5, 5.41) is 10.6. The van der Waals surface area contributed by atoms with E-state index in [0.717, 1.165) is 22.2 Å². The van der Waals surface area contributed by atoms with Crippen molar-refractivity contribution in [2.24, 2.45) is 0 Å². The SMILES string of the molecule is Cc1[nH]c2c(C(=O)N(C)CC(=O)N3CCC(O)CC3)cccc2c1C. The second kappa shape index (κ2) is 6.88. The van der Waals surface area contributed by atoms with Gasteiger partial charge in [0.1, 0.15) is 0 Å². The Labute approximate surface area is 147 Å². The van der Waals surface area contributed by atoms with Crippen molar-refractivity contribution in [2.75, 3.05) is 26.7 Å². The summed E-state index contributed by atoms with van der Waals surface area (Å²) in [5.41, 5.74) is 3.58. The summed E-state index contributed by atoms with van der Waals surface area (Å²) in [6.07, 6.45) is 0.883. The third-order valence-corrected chi connectivity index (χ3v) is 5.11. The predicted octanol–water partition coefficient (Wildman–Crippen LogP) is 1.84. The predicted molar refractivity (Wildman–Crippen MR) is 96.6 cm³/mol. The van der Waals surface area contributed by atoms with Gasteiger partial charge in [-0.05, 0) is 38.3 Å². The molecule has 2 N–H and O–H groups in total. The van der Waals surface area contributed by atoms with E-state index in [-0.39, 0.29) is 24.5 Å². The van der Waals surface area contributed by atoms with Gasteiger partial charge in [0.15, 0.2) is 0 Å². The molecule has 0 atom stereocenters. The number of fused-ring (bicyclic) bond motifs is 1. The number of rotatable bonds is 3. The zero-order chi connectivity index (χ0) is 18.1. The molecule has 6 heteroatoms. The lowest BCUT2D eigenvalue weighted by atomic mass is 10.1. The summed E-state index contributed by atoms with van der Waals surface area (Å²) in [4.78, 5) is 31.7. The van der Waals surface area contributed by atoms with Crippen molar-refractivity contribution in [1.82, 2.24) is 14.8 Å². The van der Waals surface area contributed by atoms with Gasteiger partial charge in [-0.15, -0.1) is 0 Å². The number of para-hydroxylation sites is 1. The topological polar surface area (TPSA) is 76.6 Å². The summed E-state index contributed by atoms with van der Waals surface area (Å²) in [7, 11) is 1.65. The number of nitrogens with one attached hydrogen (secondary N) is 1. The smallest absolute Gasteiger partial charge is 0.256 e. The molecule has 1 aromatic heterocycles. The average molecular weight is 343 g/mol. The van der Waals surface area contributed by atoms with Crippen LogP contribution in [0.5, 0.6) is 0 Å². The van der Waals surface area contributed by atoms with Crippen LogP contribution >= 0.6 is 0 Å². The van der Waals surface area contributed by atoms with Crippen LogP contribution in [0.3, 0.4) is 0 Å². The number of aliphatic hydroxyl groups excluding tert-OH is 1. The molecule has 1 aromatic carbocycles. The van der Waals surface area contributed by atoms with E-state index in [1.54, 1.807) is 18.0 Å². The molecular formula is C19H25N3O3. The monoisotopic (exact) mass is 343 g/mol. The zero-order valence-corrected chi connectivity index (χ0v) is 15.0. The maximum atomic E-state index is 12.8. The van der Waals surface area contributed by atoms with E-state index in [2.05, 4.69) is 4.98 Å². The third-order valence-electron chi connectivity index (χ3n) is 5.11. The highest BCUT2D eigenvalue weighted by molar-refractivity contribution is 6.07. The van der Waals surface area contributed by atoms with Gasteiger partial charge in [0.25, 0.3) is 5.91 Å². The quantitative estimate of drug-likeness (QED) is 0.893. The Hall–Kier alpha value is -2.34. The van der Waals surface area contributed by atoms with E-state index < -0.39 is 0 Å². The Morgan fingerprint density at radius 1 is 1.28 bits per heavy atom. The number of H-pyrrole nitrogens is 1. The third kappa shape index (κ3) is 3.39. The lowest BCUT2D eigenvalue weighted by molar-refractivity contribution is -0.133. The summed E-state index contributed by atoms with van der Waals surface area (Å²) < 4.78 is 0. The highest BCUT2D eigenvalue weighted by Crippen LogP contribution is 2.25. The first-order chi connectivity index (χ1) is 11.9. The zero-order valence-electron chi connectivity index (χ0n) is 15.0. The number of aromatic nitrogens is 1. The van der Waals surface area contributed by atoms with Crippen LogP contribution in [0, 0.1) is 13.8 Å². The highest BCUT2D eigenvalue weighted by atomic mass is 16.3. The van der Waals surface area contributed by atoms with Gasteiger partial charge in [-0.25, -0.2) is 0 Å². The molecule has 6 nitrogen and oxygen atoms in total. The van der Waals surface area contributed by atoms with Crippen LogP contribution in [0.4, 0.5) is 0 Å². The minimum atomic E-state index is -0.319. The molecular weight excluding hydrogens is 318 g/mol. The Bertz CT molecular complexity index is 804. The molecule has 0 bridgehead atoms. The van der Waals surface area contributed by atoms with E-state index in [9.17, 15) is 14.7 Å². The molecule has 0 saturated carbocycles.